The largest absolute Gasteiger partial charge is 0.383 e. The molecule has 0 aromatic carbocycles. The van der Waals surface area contributed by atoms with Gasteiger partial charge in [-0.2, -0.15) is 0 Å². The zero-order chi connectivity index (χ0) is 8.10. The average Bonchev–Trinajstić information content (AvgIpc) is 2.07. The van der Waals surface area contributed by atoms with Crippen molar-refractivity contribution in [1.29, 1.82) is 0 Å². The molecule has 11 heavy (non-hydrogen) atoms. The molecule has 0 saturated heterocycles. The SMILES string of the molecule is COC[C@@H](N)c1cccnc1. The van der Waals surface area contributed by atoms with E-state index in [-0.39, 0.29) is 6.04 Å². The number of nitrogens with two attached hydrogens (primary N) is 1. The minimum absolute atomic E-state index is 0.0614. The van der Waals surface area contributed by atoms with Crippen molar-refractivity contribution in [2.75, 3.05) is 13.7 Å². The molecular formula is C8H12N2O. The van der Waals surface area contributed by atoms with Crippen molar-refractivity contribution in [3.63, 3.8) is 0 Å². The summed E-state index contributed by atoms with van der Waals surface area (Å²) in [6.45, 7) is 0.533. The summed E-state index contributed by atoms with van der Waals surface area (Å²) in [6, 6.07) is 3.75. The van der Waals surface area contributed by atoms with Crippen LogP contribution in [0.25, 0.3) is 0 Å². The number of hydrogen-bond acceptors (Lipinski definition) is 3. The molecule has 0 fully saturated rings. The van der Waals surface area contributed by atoms with E-state index in [1.165, 1.54) is 0 Å². The van der Waals surface area contributed by atoms with E-state index in [1.54, 1.807) is 19.5 Å². The maximum Gasteiger partial charge on any atom is 0.0656 e. The quantitative estimate of drug-likeness (QED) is 0.694. The van der Waals surface area contributed by atoms with Crippen molar-refractivity contribution in [2.24, 2.45) is 5.73 Å². The summed E-state index contributed by atoms with van der Waals surface area (Å²) < 4.78 is 4.91. The van der Waals surface area contributed by atoms with Crippen LogP contribution in [0.2, 0.25) is 0 Å². The van der Waals surface area contributed by atoms with Crippen LogP contribution in [0.15, 0.2) is 24.5 Å². The topological polar surface area (TPSA) is 48.1 Å². The van der Waals surface area contributed by atoms with Crippen molar-refractivity contribution >= 4 is 0 Å². The van der Waals surface area contributed by atoms with Crippen molar-refractivity contribution in [2.45, 2.75) is 6.04 Å². The van der Waals surface area contributed by atoms with Crippen LogP contribution in [0.3, 0.4) is 0 Å². The van der Waals surface area contributed by atoms with Gasteiger partial charge >= 0.3 is 0 Å². The summed E-state index contributed by atoms with van der Waals surface area (Å²) >= 11 is 0. The zero-order valence-electron chi connectivity index (χ0n) is 6.53. The van der Waals surface area contributed by atoms with Gasteiger partial charge in [-0.15, -0.1) is 0 Å². The van der Waals surface area contributed by atoms with Crippen LogP contribution in [-0.2, 0) is 4.74 Å². The lowest BCUT2D eigenvalue weighted by molar-refractivity contribution is 0.181. The normalized spacial score (nSPS) is 12.9. The Balaban J connectivity index is 2.61. The highest BCUT2D eigenvalue weighted by molar-refractivity contribution is 5.12. The third kappa shape index (κ3) is 2.29. The van der Waals surface area contributed by atoms with E-state index in [0.717, 1.165) is 5.56 Å². The smallest absolute Gasteiger partial charge is 0.0656 e. The van der Waals surface area contributed by atoms with Crippen molar-refractivity contribution in [3.8, 4) is 0 Å². The number of hydrogen-bond donors (Lipinski definition) is 1. The molecule has 0 aliphatic carbocycles. The lowest BCUT2D eigenvalue weighted by Gasteiger charge is -2.08. The number of methoxy groups -OCH3 is 1. The maximum atomic E-state index is 5.74. The zero-order valence-corrected chi connectivity index (χ0v) is 6.53. The predicted octanol–water partition coefficient (Wildman–Crippen LogP) is 0.728. The van der Waals surface area contributed by atoms with Gasteiger partial charge in [0, 0.05) is 19.5 Å². The highest BCUT2D eigenvalue weighted by Crippen LogP contribution is 2.06. The van der Waals surface area contributed by atoms with Gasteiger partial charge in [-0.1, -0.05) is 6.07 Å². The fraction of sp³-hybridized carbons (Fsp3) is 0.375. The van der Waals surface area contributed by atoms with Crippen molar-refractivity contribution in [1.82, 2.24) is 4.98 Å². The summed E-state index contributed by atoms with van der Waals surface area (Å²) in [6.07, 6.45) is 3.48. The van der Waals surface area contributed by atoms with Gasteiger partial charge in [0.15, 0.2) is 0 Å². The molecule has 0 spiro atoms. The molecule has 0 aliphatic heterocycles. The fourth-order valence-corrected chi connectivity index (χ4v) is 0.871. The van der Waals surface area contributed by atoms with E-state index < -0.39 is 0 Å². The first kappa shape index (κ1) is 8.17. The van der Waals surface area contributed by atoms with E-state index >= 15 is 0 Å². The second-order valence-corrected chi connectivity index (χ2v) is 2.35. The van der Waals surface area contributed by atoms with Crippen LogP contribution in [0.4, 0.5) is 0 Å². The first-order valence-corrected chi connectivity index (χ1v) is 3.49. The minimum atomic E-state index is -0.0614. The summed E-state index contributed by atoms with van der Waals surface area (Å²) in [5.74, 6) is 0. The van der Waals surface area contributed by atoms with Crippen LogP contribution >= 0.6 is 0 Å². The number of pyridine rings is 1. The van der Waals surface area contributed by atoms with Gasteiger partial charge in [-0.3, -0.25) is 4.98 Å². The number of aromatic nitrogens is 1. The average molecular weight is 152 g/mol. The van der Waals surface area contributed by atoms with Gasteiger partial charge in [0.2, 0.25) is 0 Å². The van der Waals surface area contributed by atoms with Crippen LogP contribution in [-0.4, -0.2) is 18.7 Å². The standard InChI is InChI=1S/C8H12N2O/c1-11-6-8(9)7-3-2-4-10-5-7/h2-5,8H,6,9H2,1H3/t8-/m1/s1. The molecule has 3 heteroatoms. The molecule has 0 saturated carbocycles. The van der Waals surface area contributed by atoms with Crippen LogP contribution in [0, 0.1) is 0 Å². The fourth-order valence-electron chi connectivity index (χ4n) is 0.871. The molecule has 1 aromatic heterocycles. The third-order valence-corrected chi connectivity index (χ3v) is 1.46. The monoisotopic (exact) mass is 152 g/mol. The highest BCUT2D eigenvalue weighted by Gasteiger charge is 2.03. The molecule has 0 radical (unpaired) electrons. The molecule has 0 amide bonds. The molecule has 1 atom stereocenters. The van der Waals surface area contributed by atoms with Gasteiger partial charge in [-0.25, -0.2) is 0 Å². The van der Waals surface area contributed by atoms with Crippen LogP contribution in [0.5, 0.6) is 0 Å². The lowest BCUT2D eigenvalue weighted by Crippen LogP contribution is -2.15. The Morgan fingerprint density at radius 1 is 1.73 bits per heavy atom. The van der Waals surface area contributed by atoms with E-state index in [0.29, 0.717) is 6.61 Å². The molecule has 0 bridgehead atoms. The molecule has 60 valence electrons. The summed E-state index contributed by atoms with van der Waals surface area (Å²) in [4.78, 5) is 3.95. The second kappa shape index (κ2) is 4.05. The van der Waals surface area contributed by atoms with E-state index in [9.17, 15) is 0 Å². The van der Waals surface area contributed by atoms with Gasteiger partial charge in [0.1, 0.15) is 0 Å². The Morgan fingerprint density at radius 3 is 3.09 bits per heavy atom. The summed E-state index contributed by atoms with van der Waals surface area (Å²) in [5.41, 5.74) is 6.75. The predicted molar refractivity (Wildman–Crippen MR) is 43.0 cm³/mol. The van der Waals surface area contributed by atoms with Crippen molar-refractivity contribution < 1.29 is 4.74 Å². The Kier molecular flexibility index (Phi) is 3.01. The number of rotatable bonds is 3. The second-order valence-electron chi connectivity index (χ2n) is 2.35. The Hall–Kier alpha value is -0.930. The van der Waals surface area contributed by atoms with Gasteiger partial charge in [0.25, 0.3) is 0 Å². The van der Waals surface area contributed by atoms with Crippen LogP contribution < -0.4 is 5.73 Å². The third-order valence-electron chi connectivity index (χ3n) is 1.46. The Labute approximate surface area is 66.2 Å². The van der Waals surface area contributed by atoms with E-state index in [2.05, 4.69) is 4.98 Å². The highest BCUT2D eigenvalue weighted by atomic mass is 16.5. The minimum Gasteiger partial charge on any atom is -0.383 e. The van der Waals surface area contributed by atoms with E-state index in [4.69, 9.17) is 10.5 Å². The van der Waals surface area contributed by atoms with Gasteiger partial charge in [-0.05, 0) is 11.6 Å². The van der Waals surface area contributed by atoms with Crippen molar-refractivity contribution in [3.05, 3.63) is 30.1 Å². The Morgan fingerprint density at radius 2 is 2.55 bits per heavy atom. The van der Waals surface area contributed by atoms with E-state index in [1.807, 2.05) is 12.1 Å². The lowest BCUT2D eigenvalue weighted by atomic mass is 10.1. The molecule has 0 unspecified atom stereocenters. The number of ether oxygens (including phenoxy) is 1. The first-order chi connectivity index (χ1) is 5.34. The molecule has 1 heterocycles. The molecular weight excluding hydrogens is 140 g/mol. The molecule has 2 N–H and O–H groups in total. The summed E-state index contributed by atoms with van der Waals surface area (Å²) in [5, 5.41) is 0. The number of nitrogens with zero attached hydrogens (tertiary/aromatic N) is 1. The molecule has 1 aromatic rings. The molecule has 1 rings (SSSR count). The van der Waals surface area contributed by atoms with Crippen LogP contribution in [0.1, 0.15) is 11.6 Å². The first-order valence-electron chi connectivity index (χ1n) is 3.49. The maximum absolute atomic E-state index is 5.74. The molecule has 0 aliphatic rings. The van der Waals surface area contributed by atoms with Gasteiger partial charge in [0.05, 0.1) is 12.6 Å². The van der Waals surface area contributed by atoms with Gasteiger partial charge < -0.3 is 10.5 Å². The summed E-state index contributed by atoms with van der Waals surface area (Å²) in [7, 11) is 1.64. The molecule has 3 nitrogen and oxygen atoms in total. The Bertz CT molecular complexity index is 201.